The fourth-order valence-corrected chi connectivity index (χ4v) is 2.73. The average molecular weight is 363 g/mol. The van der Waals surface area contributed by atoms with E-state index in [4.69, 9.17) is 0 Å². The average Bonchev–Trinajstić information content (AvgIpc) is 2.93. The predicted octanol–water partition coefficient (Wildman–Crippen LogP) is 2.30. The zero-order chi connectivity index (χ0) is 18.2. The van der Waals surface area contributed by atoms with E-state index in [9.17, 15) is 17.1 Å². The lowest BCUT2D eigenvalue weighted by Gasteiger charge is -2.08. The zero-order valence-corrected chi connectivity index (χ0v) is 14.2. The maximum absolute atomic E-state index is 12.6. The summed E-state index contributed by atoms with van der Waals surface area (Å²) in [5, 5.41) is 0. The van der Waals surface area contributed by atoms with Gasteiger partial charge < -0.3 is 9.08 Å². The summed E-state index contributed by atoms with van der Waals surface area (Å²) in [6, 6.07) is 11.1. The Balaban J connectivity index is 2.08. The molecule has 1 amide bonds. The highest BCUT2D eigenvalue weighted by molar-refractivity contribution is 7.81. The standard InChI is InChI=1S/C16H14FN3O4S/c1-19(2)16(21)15-18-14(13-5-3-4-10-20(13)15)11-6-8-12(9-7-11)24-25(17,22)23/h3-10H,1-2H3. The van der Waals surface area contributed by atoms with Crippen LogP contribution in [0.25, 0.3) is 16.8 Å². The summed E-state index contributed by atoms with van der Waals surface area (Å²) in [5.74, 6) is -0.155. The fraction of sp³-hybridized carbons (Fsp3) is 0.125. The van der Waals surface area contributed by atoms with Gasteiger partial charge in [0, 0.05) is 25.9 Å². The highest BCUT2D eigenvalue weighted by Crippen LogP contribution is 2.27. The van der Waals surface area contributed by atoms with Gasteiger partial charge in [0.05, 0.1) is 11.2 Å². The minimum absolute atomic E-state index is 0.153. The van der Waals surface area contributed by atoms with Gasteiger partial charge in [-0.3, -0.25) is 9.20 Å². The molecule has 0 N–H and O–H groups in total. The third-order valence-corrected chi connectivity index (χ3v) is 3.86. The van der Waals surface area contributed by atoms with E-state index in [0.29, 0.717) is 16.8 Å². The molecule has 3 aromatic rings. The van der Waals surface area contributed by atoms with Crippen molar-refractivity contribution in [2.75, 3.05) is 14.1 Å². The topological polar surface area (TPSA) is 81.0 Å². The van der Waals surface area contributed by atoms with Crippen LogP contribution < -0.4 is 4.18 Å². The first kappa shape index (κ1) is 16.9. The molecule has 0 unspecified atom stereocenters. The van der Waals surface area contributed by atoms with E-state index >= 15 is 0 Å². The first-order valence-corrected chi connectivity index (χ1v) is 8.50. The van der Waals surface area contributed by atoms with Crippen LogP contribution in [0.5, 0.6) is 5.75 Å². The number of hydrogen-bond acceptors (Lipinski definition) is 5. The second-order valence-electron chi connectivity index (χ2n) is 5.44. The predicted molar refractivity (Wildman–Crippen MR) is 89.3 cm³/mol. The Morgan fingerprint density at radius 1 is 1.16 bits per heavy atom. The molecule has 2 aromatic heterocycles. The molecule has 0 aliphatic rings. The van der Waals surface area contributed by atoms with Crippen molar-refractivity contribution >= 4 is 21.9 Å². The Bertz CT molecular complexity index is 1040. The minimum atomic E-state index is -5.08. The number of benzene rings is 1. The van der Waals surface area contributed by atoms with Gasteiger partial charge in [-0.15, -0.1) is 0 Å². The number of amides is 1. The number of fused-ring (bicyclic) bond motifs is 1. The second-order valence-corrected chi connectivity index (χ2v) is 6.39. The number of aromatic nitrogens is 2. The molecular formula is C16H14FN3O4S. The van der Waals surface area contributed by atoms with Crippen LogP contribution in [-0.2, 0) is 10.5 Å². The van der Waals surface area contributed by atoms with E-state index in [1.807, 2.05) is 12.1 Å². The van der Waals surface area contributed by atoms with Crippen molar-refractivity contribution < 1.29 is 21.3 Å². The number of rotatable bonds is 4. The summed E-state index contributed by atoms with van der Waals surface area (Å²) in [4.78, 5) is 18.2. The van der Waals surface area contributed by atoms with Gasteiger partial charge in [-0.25, -0.2) is 4.98 Å². The maximum Gasteiger partial charge on any atom is 0.488 e. The summed E-state index contributed by atoms with van der Waals surface area (Å²) in [5.41, 5.74) is 1.88. The maximum atomic E-state index is 12.6. The lowest BCUT2D eigenvalue weighted by Crippen LogP contribution is -2.24. The van der Waals surface area contributed by atoms with E-state index in [1.54, 1.807) is 42.9 Å². The number of imidazole rings is 1. The van der Waals surface area contributed by atoms with E-state index in [2.05, 4.69) is 9.17 Å². The number of halogens is 1. The van der Waals surface area contributed by atoms with Gasteiger partial charge in [0.15, 0.2) is 0 Å². The van der Waals surface area contributed by atoms with Crippen LogP contribution in [0, 0.1) is 0 Å². The molecule has 7 nitrogen and oxygen atoms in total. The van der Waals surface area contributed by atoms with Crippen molar-refractivity contribution in [2.24, 2.45) is 0 Å². The largest absolute Gasteiger partial charge is 0.488 e. The number of nitrogens with zero attached hydrogens (tertiary/aromatic N) is 3. The van der Waals surface area contributed by atoms with E-state index in [1.165, 1.54) is 17.0 Å². The second kappa shape index (κ2) is 6.17. The first-order chi connectivity index (χ1) is 11.8. The third kappa shape index (κ3) is 3.45. The normalized spacial score (nSPS) is 11.5. The molecule has 9 heteroatoms. The van der Waals surface area contributed by atoms with Gasteiger partial charge in [0.2, 0.25) is 5.82 Å². The summed E-state index contributed by atoms with van der Waals surface area (Å²) in [6.45, 7) is 0. The molecule has 1 aromatic carbocycles. The van der Waals surface area contributed by atoms with Gasteiger partial charge in [-0.05, 0) is 36.4 Å². The molecular weight excluding hydrogens is 349 g/mol. The molecule has 0 aliphatic heterocycles. The molecule has 25 heavy (non-hydrogen) atoms. The monoisotopic (exact) mass is 363 g/mol. The van der Waals surface area contributed by atoms with Crippen LogP contribution in [0.15, 0.2) is 48.7 Å². The third-order valence-electron chi connectivity index (χ3n) is 3.47. The molecule has 0 saturated carbocycles. The highest BCUT2D eigenvalue weighted by atomic mass is 32.3. The van der Waals surface area contributed by atoms with Crippen LogP contribution in [-0.4, -0.2) is 42.7 Å². The first-order valence-electron chi connectivity index (χ1n) is 7.19. The molecule has 0 atom stereocenters. The number of hydrogen-bond donors (Lipinski definition) is 0. The van der Waals surface area contributed by atoms with Crippen LogP contribution in [0.1, 0.15) is 10.6 Å². The van der Waals surface area contributed by atoms with Crippen molar-refractivity contribution in [1.82, 2.24) is 14.3 Å². The van der Waals surface area contributed by atoms with Crippen molar-refractivity contribution in [3.05, 3.63) is 54.5 Å². The summed E-state index contributed by atoms with van der Waals surface area (Å²) in [7, 11) is -1.81. The minimum Gasteiger partial charge on any atom is -0.358 e. The smallest absolute Gasteiger partial charge is 0.358 e. The molecule has 0 aliphatic carbocycles. The molecule has 0 bridgehead atoms. The molecule has 3 rings (SSSR count). The Kier molecular flexibility index (Phi) is 4.17. The Morgan fingerprint density at radius 2 is 1.84 bits per heavy atom. The molecule has 0 radical (unpaired) electrons. The van der Waals surface area contributed by atoms with Crippen LogP contribution >= 0.6 is 0 Å². The Labute approximate surface area is 143 Å². The summed E-state index contributed by atoms with van der Waals surface area (Å²) < 4.78 is 39.5. The number of carbonyl (C=O) groups excluding carboxylic acids is 1. The van der Waals surface area contributed by atoms with Crippen LogP contribution in [0.4, 0.5) is 3.89 Å². The van der Waals surface area contributed by atoms with E-state index in [-0.39, 0.29) is 17.5 Å². The number of carbonyl (C=O) groups is 1. The van der Waals surface area contributed by atoms with Crippen molar-refractivity contribution in [3.63, 3.8) is 0 Å². The fourth-order valence-electron chi connectivity index (χ4n) is 2.38. The van der Waals surface area contributed by atoms with Crippen molar-refractivity contribution in [3.8, 4) is 17.0 Å². The lowest BCUT2D eigenvalue weighted by molar-refractivity contribution is 0.0815. The summed E-state index contributed by atoms with van der Waals surface area (Å²) in [6.07, 6.45) is 1.73. The van der Waals surface area contributed by atoms with Crippen molar-refractivity contribution in [1.29, 1.82) is 0 Å². The molecule has 2 heterocycles. The molecule has 0 saturated heterocycles. The number of pyridine rings is 1. The Hall–Kier alpha value is -2.94. The van der Waals surface area contributed by atoms with E-state index in [0.717, 1.165) is 0 Å². The molecule has 130 valence electrons. The Morgan fingerprint density at radius 3 is 2.44 bits per heavy atom. The lowest BCUT2D eigenvalue weighted by atomic mass is 10.1. The SMILES string of the molecule is CN(C)C(=O)c1nc(-c2ccc(OS(=O)(=O)F)cc2)c2ccccn12. The molecule has 0 fully saturated rings. The van der Waals surface area contributed by atoms with Gasteiger partial charge in [0.25, 0.3) is 5.91 Å². The molecule has 0 spiro atoms. The van der Waals surface area contributed by atoms with Gasteiger partial charge in [0.1, 0.15) is 5.75 Å². The van der Waals surface area contributed by atoms with E-state index < -0.39 is 10.5 Å². The highest BCUT2D eigenvalue weighted by Gasteiger charge is 2.19. The van der Waals surface area contributed by atoms with Crippen molar-refractivity contribution in [2.45, 2.75) is 0 Å². The van der Waals surface area contributed by atoms with Crippen LogP contribution in [0.3, 0.4) is 0 Å². The quantitative estimate of drug-likeness (QED) is 0.665. The van der Waals surface area contributed by atoms with Gasteiger partial charge >= 0.3 is 10.5 Å². The zero-order valence-electron chi connectivity index (χ0n) is 13.4. The van der Waals surface area contributed by atoms with Gasteiger partial charge in [-0.2, -0.15) is 8.42 Å². The summed E-state index contributed by atoms with van der Waals surface area (Å²) >= 11 is 0. The van der Waals surface area contributed by atoms with Gasteiger partial charge in [-0.1, -0.05) is 9.95 Å². The van der Waals surface area contributed by atoms with Crippen LogP contribution in [0.2, 0.25) is 0 Å².